The van der Waals surface area contributed by atoms with Crippen LogP contribution in [0.2, 0.25) is 0 Å². The molecule has 0 bridgehead atoms. The minimum absolute atomic E-state index is 0.135. The highest BCUT2D eigenvalue weighted by molar-refractivity contribution is 5.81. The molecule has 138 valence electrons. The normalized spacial score (nSPS) is 10.5. The minimum Gasteiger partial charge on any atom is -0.480 e. The average molecular weight is 359 g/mol. The Balaban J connectivity index is 1.78. The number of halogens is 1. The van der Waals surface area contributed by atoms with Crippen molar-refractivity contribution in [1.29, 1.82) is 0 Å². The Morgan fingerprint density at radius 1 is 1.00 bits per heavy atom. The summed E-state index contributed by atoms with van der Waals surface area (Å²) >= 11 is 0. The maximum Gasteiger partial charge on any atom is 0.323 e. The summed E-state index contributed by atoms with van der Waals surface area (Å²) in [5.41, 5.74) is 1.74. The fourth-order valence-electron chi connectivity index (χ4n) is 2.45. The summed E-state index contributed by atoms with van der Waals surface area (Å²) in [6.45, 7) is 0.638. The Morgan fingerprint density at radius 2 is 1.69 bits per heavy atom. The lowest BCUT2D eigenvalue weighted by molar-refractivity contribution is -0.145. The number of ether oxygens (including phenoxy) is 1. The number of aliphatic carboxylic acids is 1. The van der Waals surface area contributed by atoms with Crippen LogP contribution in [-0.4, -0.2) is 35.0 Å². The SMILES string of the molecule is O=C(O)CN(Cc1ccc(F)cc1)C(=O)CCCOCc1ccccc1. The van der Waals surface area contributed by atoms with Crippen molar-refractivity contribution >= 4 is 11.9 Å². The number of nitrogens with zero attached hydrogens (tertiary/aromatic N) is 1. The van der Waals surface area contributed by atoms with Crippen LogP contribution in [0.15, 0.2) is 54.6 Å². The first-order valence-electron chi connectivity index (χ1n) is 8.40. The second kappa shape index (κ2) is 10.3. The molecule has 2 aromatic carbocycles. The summed E-state index contributed by atoms with van der Waals surface area (Å²) in [4.78, 5) is 24.6. The molecule has 0 aliphatic carbocycles. The van der Waals surface area contributed by atoms with E-state index in [2.05, 4.69) is 0 Å². The summed E-state index contributed by atoms with van der Waals surface area (Å²) in [7, 11) is 0. The van der Waals surface area contributed by atoms with Crippen molar-refractivity contribution in [2.45, 2.75) is 26.0 Å². The van der Waals surface area contributed by atoms with E-state index in [1.165, 1.54) is 17.0 Å². The third-order valence-electron chi connectivity index (χ3n) is 3.76. The van der Waals surface area contributed by atoms with Gasteiger partial charge in [0.25, 0.3) is 0 Å². The second-order valence-electron chi connectivity index (χ2n) is 5.91. The quantitative estimate of drug-likeness (QED) is 0.662. The van der Waals surface area contributed by atoms with Crippen molar-refractivity contribution in [3.05, 3.63) is 71.5 Å². The van der Waals surface area contributed by atoms with Gasteiger partial charge in [0, 0.05) is 19.6 Å². The molecule has 2 rings (SSSR count). The smallest absolute Gasteiger partial charge is 0.323 e. The molecule has 0 aliphatic rings. The molecule has 0 heterocycles. The van der Waals surface area contributed by atoms with Gasteiger partial charge in [-0.25, -0.2) is 4.39 Å². The molecule has 0 fully saturated rings. The largest absolute Gasteiger partial charge is 0.480 e. The van der Waals surface area contributed by atoms with Crippen LogP contribution in [0.4, 0.5) is 4.39 Å². The number of carboxylic acids is 1. The summed E-state index contributed by atoms with van der Waals surface area (Å²) in [6, 6.07) is 15.4. The van der Waals surface area contributed by atoms with Crippen molar-refractivity contribution in [1.82, 2.24) is 4.90 Å². The molecule has 0 atom stereocenters. The number of amides is 1. The third-order valence-corrected chi connectivity index (χ3v) is 3.76. The van der Waals surface area contributed by atoms with Crippen LogP contribution >= 0.6 is 0 Å². The van der Waals surface area contributed by atoms with E-state index in [-0.39, 0.29) is 31.2 Å². The highest BCUT2D eigenvalue weighted by Gasteiger charge is 2.17. The summed E-state index contributed by atoms with van der Waals surface area (Å²) in [5.74, 6) is -1.72. The van der Waals surface area contributed by atoms with E-state index in [9.17, 15) is 14.0 Å². The summed E-state index contributed by atoms with van der Waals surface area (Å²) in [5, 5.41) is 9.01. The van der Waals surface area contributed by atoms with Gasteiger partial charge in [0.05, 0.1) is 6.61 Å². The van der Waals surface area contributed by atoms with Gasteiger partial charge in [-0.1, -0.05) is 42.5 Å². The fourth-order valence-corrected chi connectivity index (χ4v) is 2.45. The maximum atomic E-state index is 13.0. The minimum atomic E-state index is -1.08. The molecule has 5 nitrogen and oxygen atoms in total. The Kier molecular flexibility index (Phi) is 7.76. The lowest BCUT2D eigenvalue weighted by atomic mass is 10.2. The molecule has 0 saturated carbocycles. The number of carbonyl (C=O) groups is 2. The van der Waals surface area contributed by atoms with Crippen LogP contribution in [0.1, 0.15) is 24.0 Å². The predicted octanol–water partition coefficient (Wildman–Crippen LogP) is 3.24. The van der Waals surface area contributed by atoms with Crippen LogP contribution in [0, 0.1) is 5.82 Å². The van der Waals surface area contributed by atoms with E-state index in [0.717, 1.165) is 5.56 Å². The molecular weight excluding hydrogens is 337 g/mol. The van der Waals surface area contributed by atoms with Gasteiger partial charge in [-0.15, -0.1) is 0 Å². The molecule has 2 aromatic rings. The van der Waals surface area contributed by atoms with Crippen LogP contribution in [0.25, 0.3) is 0 Å². The van der Waals surface area contributed by atoms with Crippen molar-refractivity contribution in [3.8, 4) is 0 Å². The van der Waals surface area contributed by atoms with Crippen molar-refractivity contribution < 1.29 is 23.8 Å². The number of carboxylic acid groups (broad SMARTS) is 1. The zero-order chi connectivity index (χ0) is 18.8. The second-order valence-corrected chi connectivity index (χ2v) is 5.91. The van der Waals surface area contributed by atoms with Gasteiger partial charge < -0.3 is 14.7 Å². The number of carbonyl (C=O) groups excluding carboxylic acids is 1. The zero-order valence-electron chi connectivity index (χ0n) is 14.4. The zero-order valence-corrected chi connectivity index (χ0v) is 14.4. The fraction of sp³-hybridized carbons (Fsp3) is 0.300. The molecule has 0 aromatic heterocycles. The molecule has 0 spiro atoms. The van der Waals surface area contributed by atoms with Crippen molar-refractivity contribution in [3.63, 3.8) is 0 Å². The summed E-state index contributed by atoms with van der Waals surface area (Å²) in [6.07, 6.45) is 0.703. The van der Waals surface area contributed by atoms with E-state index in [1.54, 1.807) is 12.1 Å². The molecular formula is C20H22FNO4. The third kappa shape index (κ3) is 7.03. The Labute approximate surface area is 152 Å². The standard InChI is InChI=1S/C20H22FNO4/c21-18-10-8-16(9-11-18)13-22(14-20(24)25)19(23)7-4-12-26-15-17-5-2-1-3-6-17/h1-3,5-6,8-11H,4,7,12-15H2,(H,24,25). The van der Waals surface area contributed by atoms with Gasteiger partial charge >= 0.3 is 5.97 Å². The first-order chi connectivity index (χ1) is 12.5. The maximum absolute atomic E-state index is 13.0. The Hall–Kier alpha value is -2.73. The lowest BCUT2D eigenvalue weighted by Crippen LogP contribution is -2.35. The van der Waals surface area contributed by atoms with Gasteiger partial charge in [-0.2, -0.15) is 0 Å². The van der Waals surface area contributed by atoms with Gasteiger partial charge in [-0.05, 0) is 29.7 Å². The number of hydrogen-bond donors (Lipinski definition) is 1. The molecule has 1 amide bonds. The first kappa shape index (κ1) is 19.6. The van der Waals surface area contributed by atoms with Gasteiger partial charge in [-0.3, -0.25) is 9.59 Å². The molecule has 0 unspecified atom stereocenters. The molecule has 0 aliphatic heterocycles. The monoisotopic (exact) mass is 359 g/mol. The number of hydrogen-bond acceptors (Lipinski definition) is 3. The van der Waals surface area contributed by atoms with Crippen LogP contribution in [0.5, 0.6) is 0 Å². The molecule has 26 heavy (non-hydrogen) atoms. The van der Waals surface area contributed by atoms with E-state index in [4.69, 9.17) is 9.84 Å². The highest BCUT2D eigenvalue weighted by Crippen LogP contribution is 2.09. The predicted molar refractivity (Wildman–Crippen MR) is 94.8 cm³/mol. The molecule has 0 saturated heterocycles. The molecule has 1 N–H and O–H groups in total. The van der Waals surface area contributed by atoms with Crippen molar-refractivity contribution in [2.24, 2.45) is 0 Å². The lowest BCUT2D eigenvalue weighted by Gasteiger charge is -2.21. The Bertz CT molecular complexity index is 704. The van der Waals surface area contributed by atoms with Crippen molar-refractivity contribution in [2.75, 3.05) is 13.2 Å². The van der Waals surface area contributed by atoms with Gasteiger partial charge in [0.15, 0.2) is 0 Å². The Morgan fingerprint density at radius 3 is 2.35 bits per heavy atom. The van der Waals surface area contributed by atoms with E-state index < -0.39 is 5.97 Å². The molecule has 6 heteroatoms. The average Bonchev–Trinajstić information content (AvgIpc) is 2.63. The molecule has 0 radical (unpaired) electrons. The number of benzene rings is 2. The van der Waals surface area contributed by atoms with Gasteiger partial charge in [0.2, 0.25) is 5.91 Å². The van der Waals surface area contributed by atoms with E-state index in [1.807, 2.05) is 30.3 Å². The highest BCUT2D eigenvalue weighted by atomic mass is 19.1. The van der Waals surface area contributed by atoms with Crippen LogP contribution < -0.4 is 0 Å². The van der Waals surface area contributed by atoms with E-state index in [0.29, 0.717) is 25.2 Å². The van der Waals surface area contributed by atoms with Crippen LogP contribution in [0.3, 0.4) is 0 Å². The van der Waals surface area contributed by atoms with Crippen LogP contribution in [-0.2, 0) is 27.5 Å². The topological polar surface area (TPSA) is 66.8 Å². The number of rotatable bonds is 10. The van der Waals surface area contributed by atoms with E-state index >= 15 is 0 Å². The van der Waals surface area contributed by atoms with Gasteiger partial charge in [0.1, 0.15) is 12.4 Å². The summed E-state index contributed by atoms with van der Waals surface area (Å²) < 4.78 is 18.5. The first-order valence-corrected chi connectivity index (χ1v) is 8.40.